The molecular weight excluding hydrogens is 258 g/mol. The molecule has 0 amide bonds. The van der Waals surface area contributed by atoms with Gasteiger partial charge >= 0.3 is 0 Å². The van der Waals surface area contributed by atoms with Crippen LogP contribution in [0.2, 0.25) is 0 Å². The van der Waals surface area contributed by atoms with Gasteiger partial charge in [-0.1, -0.05) is 31.2 Å². The molecule has 1 saturated heterocycles. The van der Waals surface area contributed by atoms with Gasteiger partial charge in [0, 0.05) is 44.8 Å². The molecule has 2 heterocycles. The molecule has 0 saturated carbocycles. The van der Waals surface area contributed by atoms with Gasteiger partial charge in [-0.25, -0.2) is 0 Å². The van der Waals surface area contributed by atoms with Crippen molar-refractivity contribution in [3.63, 3.8) is 0 Å². The lowest BCUT2D eigenvalue weighted by molar-refractivity contribution is 0.0699. The van der Waals surface area contributed by atoms with Crippen LogP contribution >= 0.6 is 0 Å². The van der Waals surface area contributed by atoms with Gasteiger partial charge in [0.05, 0.1) is 0 Å². The van der Waals surface area contributed by atoms with Crippen LogP contribution in [-0.2, 0) is 6.54 Å². The van der Waals surface area contributed by atoms with E-state index in [0.717, 1.165) is 19.1 Å². The van der Waals surface area contributed by atoms with Crippen LogP contribution in [0, 0.1) is 0 Å². The minimum absolute atomic E-state index is 0.607. The summed E-state index contributed by atoms with van der Waals surface area (Å²) in [6, 6.07) is 10.3. The van der Waals surface area contributed by atoms with Crippen molar-refractivity contribution in [3.05, 3.63) is 35.4 Å². The zero-order valence-corrected chi connectivity index (χ0v) is 13.5. The normalized spacial score (nSPS) is 26.1. The molecule has 2 atom stereocenters. The highest BCUT2D eigenvalue weighted by Gasteiger charge is 2.28. The minimum Gasteiger partial charge on any atom is -0.313 e. The third-order valence-corrected chi connectivity index (χ3v) is 5.33. The van der Waals surface area contributed by atoms with Gasteiger partial charge in [-0.05, 0) is 37.4 Å². The van der Waals surface area contributed by atoms with Crippen LogP contribution < -0.4 is 5.32 Å². The fourth-order valence-electron chi connectivity index (χ4n) is 3.76. The molecule has 0 radical (unpaired) electrons. The van der Waals surface area contributed by atoms with E-state index in [0.29, 0.717) is 6.04 Å². The third kappa shape index (κ3) is 3.31. The Bertz CT molecular complexity index is 452. The van der Waals surface area contributed by atoms with Crippen LogP contribution in [0.3, 0.4) is 0 Å². The maximum absolute atomic E-state index is 3.57. The Morgan fingerprint density at radius 1 is 1.19 bits per heavy atom. The van der Waals surface area contributed by atoms with Gasteiger partial charge in [0.25, 0.3) is 0 Å². The molecule has 3 nitrogen and oxygen atoms in total. The summed E-state index contributed by atoms with van der Waals surface area (Å²) in [5.41, 5.74) is 3.05. The smallest absolute Gasteiger partial charge is 0.0364 e. The topological polar surface area (TPSA) is 18.5 Å². The molecule has 2 aliphatic heterocycles. The van der Waals surface area contributed by atoms with Gasteiger partial charge in [0.2, 0.25) is 0 Å². The predicted octanol–water partition coefficient (Wildman–Crippen LogP) is 2.64. The van der Waals surface area contributed by atoms with Gasteiger partial charge < -0.3 is 5.32 Å². The molecule has 0 aliphatic carbocycles. The number of hydrogen-bond donors (Lipinski definition) is 1. The molecule has 116 valence electrons. The Morgan fingerprint density at radius 3 is 2.71 bits per heavy atom. The highest BCUT2D eigenvalue weighted by Crippen LogP contribution is 2.30. The van der Waals surface area contributed by atoms with Crippen molar-refractivity contribution >= 4 is 0 Å². The summed E-state index contributed by atoms with van der Waals surface area (Å²) in [6.07, 6.45) is 2.50. The average Bonchev–Trinajstić information content (AvgIpc) is 2.77. The lowest BCUT2D eigenvalue weighted by Gasteiger charge is -2.41. The van der Waals surface area contributed by atoms with Crippen LogP contribution in [-0.4, -0.2) is 48.6 Å². The van der Waals surface area contributed by atoms with Crippen molar-refractivity contribution in [1.29, 1.82) is 0 Å². The second-order valence-corrected chi connectivity index (χ2v) is 6.51. The largest absolute Gasteiger partial charge is 0.313 e. The highest BCUT2D eigenvalue weighted by atomic mass is 15.3. The maximum atomic E-state index is 3.57. The van der Waals surface area contributed by atoms with Gasteiger partial charge in [-0.15, -0.1) is 0 Å². The van der Waals surface area contributed by atoms with Gasteiger partial charge in [0.15, 0.2) is 0 Å². The van der Waals surface area contributed by atoms with E-state index < -0.39 is 0 Å². The fourth-order valence-corrected chi connectivity index (χ4v) is 3.76. The second-order valence-electron chi connectivity index (χ2n) is 6.51. The van der Waals surface area contributed by atoms with Crippen LogP contribution in [0.4, 0.5) is 0 Å². The van der Waals surface area contributed by atoms with Crippen molar-refractivity contribution in [3.8, 4) is 0 Å². The second kappa shape index (κ2) is 6.91. The molecule has 2 unspecified atom stereocenters. The van der Waals surface area contributed by atoms with E-state index in [-0.39, 0.29) is 0 Å². The van der Waals surface area contributed by atoms with Crippen LogP contribution in [0.5, 0.6) is 0 Å². The van der Waals surface area contributed by atoms with E-state index in [9.17, 15) is 0 Å². The number of nitrogens with one attached hydrogen (secondary N) is 1. The first-order valence-electron chi connectivity index (χ1n) is 8.56. The molecule has 0 spiro atoms. The number of piperazine rings is 1. The number of nitrogens with zero attached hydrogens (tertiary/aromatic N) is 2. The summed E-state index contributed by atoms with van der Waals surface area (Å²) in [4.78, 5) is 5.36. The molecule has 1 N–H and O–H groups in total. The molecule has 1 aromatic rings. The number of hydrogen-bond acceptors (Lipinski definition) is 3. The zero-order chi connectivity index (χ0) is 14.7. The van der Waals surface area contributed by atoms with Crippen LogP contribution in [0.15, 0.2) is 24.3 Å². The SMILES string of the molecule is CCC(C)N1CCN(C2CCNCc3ccccc32)CC1. The number of rotatable bonds is 3. The molecule has 3 rings (SSSR count). The first-order chi connectivity index (χ1) is 10.3. The van der Waals surface area contributed by atoms with Crippen molar-refractivity contribution in [2.45, 2.75) is 45.3 Å². The van der Waals surface area contributed by atoms with Crippen molar-refractivity contribution in [1.82, 2.24) is 15.1 Å². The van der Waals surface area contributed by atoms with E-state index >= 15 is 0 Å². The summed E-state index contributed by atoms with van der Waals surface area (Å²) in [6.45, 7) is 11.7. The summed E-state index contributed by atoms with van der Waals surface area (Å²) >= 11 is 0. The zero-order valence-electron chi connectivity index (χ0n) is 13.5. The van der Waals surface area contributed by atoms with Crippen molar-refractivity contribution < 1.29 is 0 Å². The summed E-state index contributed by atoms with van der Waals surface area (Å²) < 4.78 is 0. The van der Waals surface area contributed by atoms with Crippen molar-refractivity contribution in [2.75, 3.05) is 32.7 Å². The molecule has 3 heteroatoms. The quantitative estimate of drug-likeness (QED) is 0.922. The van der Waals surface area contributed by atoms with E-state index in [4.69, 9.17) is 0 Å². The van der Waals surface area contributed by atoms with Crippen molar-refractivity contribution in [2.24, 2.45) is 0 Å². The molecule has 21 heavy (non-hydrogen) atoms. The molecular formula is C18H29N3. The average molecular weight is 287 g/mol. The van der Waals surface area contributed by atoms with E-state index in [2.05, 4.69) is 53.2 Å². The predicted molar refractivity (Wildman–Crippen MR) is 88.4 cm³/mol. The molecule has 2 aliphatic rings. The Morgan fingerprint density at radius 2 is 1.95 bits per heavy atom. The van der Waals surface area contributed by atoms with E-state index in [1.165, 1.54) is 44.6 Å². The minimum atomic E-state index is 0.607. The number of benzene rings is 1. The number of fused-ring (bicyclic) bond motifs is 1. The fraction of sp³-hybridized carbons (Fsp3) is 0.667. The molecule has 0 bridgehead atoms. The van der Waals surface area contributed by atoms with Crippen LogP contribution in [0.25, 0.3) is 0 Å². The summed E-state index contributed by atoms with van der Waals surface area (Å²) in [5, 5.41) is 3.57. The Labute approximate surface area is 129 Å². The van der Waals surface area contributed by atoms with E-state index in [1.54, 1.807) is 5.56 Å². The van der Waals surface area contributed by atoms with Gasteiger partial charge in [-0.3, -0.25) is 9.80 Å². The molecule has 1 aromatic carbocycles. The lowest BCUT2D eigenvalue weighted by Crippen LogP contribution is -2.50. The van der Waals surface area contributed by atoms with Crippen LogP contribution in [0.1, 0.15) is 43.9 Å². The standard InChI is InChI=1S/C18H29N3/c1-3-15(2)20-10-12-21(13-11-20)18-8-9-19-14-16-6-4-5-7-17(16)18/h4-7,15,18-19H,3,8-14H2,1-2H3. The van der Waals surface area contributed by atoms with E-state index in [1.807, 2.05) is 0 Å². The molecule has 0 aromatic heterocycles. The Balaban J connectivity index is 1.70. The monoisotopic (exact) mass is 287 g/mol. The lowest BCUT2D eigenvalue weighted by atomic mass is 9.97. The Hall–Kier alpha value is -0.900. The van der Waals surface area contributed by atoms with Gasteiger partial charge in [-0.2, -0.15) is 0 Å². The molecule has 1 fully saturated rings. The summed E-state index contributed by atoms with van der Waals surface area (Å²) in [7, 11) is 0. The Kier molecular flexibility index (Phi) is 4.94. The third-order valence-electron chi connectivity index (χ3n) is 5.33. The maximum Gasteiger partial charge on any atom is 0.0364 e. The first kappa shape index (κ1) is 15.0. The summed E-state index contributed by atoms with van der Waals surface area (Å²) in [5.74, 6) is 0. The van der Waals surface area contributed by atoms with Gasteiger partial charge in [0.1, 0.15) is 0 Å². The highest BCUT2D eigenvalue weighted by molar-refractivity contribution is 5.31. The first-order valence-corrected chi connectivity index (χ1v) is 8.56.